The van der Waals surface area contributed by atoms with Crippen molar-refractivity contribution in [3.8, 4) is 0 Å². The Bertz CT molecular complexity index is 474. The summed E-state index contributed by atoms with van der Waals surface area (Å²) in [7, 11) is 0. The summed E-state index contributed by atoms with van der Waals surface area (Å²) in [5, 5.41) is 20.6. The molecular formula is C21H34O3S. The van der Waals surface area contributed by atoms with Gasteiger partial charge in [-0.05, 0) is 55.9 Å². The van der Waals surface area contributed by atoms with Gasteiger partial charge in [0, 0.05) is 16.9 Å². The van der Waals surface area contributed by atoms with Gasteiger partial charge in [0.1, 0.15) is 0 Å². The number of aliphatic hydroxyl groups is 1. The maximum absolute atomic E-state index is 10.6. The van der Waals surface area contributed by atoms with E-state index in [0.717, 1.165) is 31.3 Å². The van der Waals surface area contributed by atoms with Crippen molar-refractivity contribution >= 4 is 17.7 Å². The van der Waals surface area contributed by atoms with Crippen molar-refractivity contribution in [2.24, 2.45) is 11.8 Å². The second kappa shape index (κ2) is 10.4. The lowest BCUT2D eigenvalue weighted by Crippen LogP contribution is -2.32. The van der Waals surface area contributed by atoms with Crippen molar-refractivity contribution in [2.45, 2.75) is 87.7 Å². The summed E-state index contributed by atoms with van der Waals surface area (Å²) in [6.07, 6.45) is 13.7. The third-order valence-corrected chi connectivity index (χ3v) is 7.51. The van der Waals surface area contributed by atoms with Crippen molar-refractivity contribution in [1.82, 2.24) is 0 Å². The number of fused-ring (bicyclic) bond motifs is 2. The molecule has 5 atom stereocenters. The van der Waals surface area contributed by atoms with Gasteiger partial charge < -0.3 is 10.2 Å². The first-order valence-corrected chi connectivity index (χ1v) is 10.9. The summed E-state index contributed by atoms with van der Waals surface area (Å²) in [4.78, 5) is 10.5. The molecule has 2 N–H and O–H groups in total. The van der Waals surface area contributed by atoms with E-state index < -0.39 is 5.97 Å². The quantitative estimate of drug-likeness (QED) is 0.368. The molecule has 0 aromatic rings. The predicted octanol–water partition coefficient (Wildman–Crippen LogP) is 5.20. The minimum Gasteiger partial charge on any atom is -0.481 e. The van der Waals surface area contributed by atoms with E-state index in [4.69, 9.17) is 5.11 Å². The van der Waals surface area contributed by atoms with Crippen molar-refractivity contribution in [2.75, 3.05) is 0 Å². The van der Waals surface area contributed by atoms with Crippen LogP contribution >= 0.6 is 11.8 Å². The number of aliphatic carboxylic acids is 1. The van der Waals surface area contributed by atoms with Crippen LogP contribution in [0.5, 0.6) is 0 Å². The molecule has 4 heteroatoms. The zero-order valence-corrected chi connectivity index (χ0v) is 16.3. The van der Waals surface area contributed by atoms with Crippen LogP contribution < -0.4 is 0 Å². The Morgan fingerprint density at radius 3 is 2.72 bits per heavy atom. The largest absolute Gasteiger partial charge is 0.481 e. The van der Waals surface area contributed by atoms with Crippen LogP contribution in [0, 0.1) is 11.8 Å². The summed E-state index contributed by atoms with van der Waals surface area (Å²) in [6.45, 7) is 6.50. The number of hydrogen-bond acceptors (Lipinski definition) is 3. The van der Waals surface area contributed by atoms with Crippen LogP contribution in [-0.4, -0.2) is 32.8 Å². The van der Waals surface area contributed by atoms with Crippen LogP contribution in [0.15, 0.2) is 24.3 Å². The normalized spacial score (nSPS) is 29.4. The molecule has 0 aromatic carbocycles. The molecule has 2 fully saturated rings. The first-order chi connectivity index (χ1) is 12.0. The Kier molecular flexibility index (Phi) is 8.57. The van der Waals surface area contributed by atoms with Gasteiger partial charge in [-0.3, -0.25) is 4.79 Å². The van der Waals surface area contributed by atoms with Crippen LogP contribution in [0.4, 0.5) is 0 Å². The molecule has 2 rings (SSSR count). The van der Waals surface area contributed by atoms with Gasteiger partial charge in [0.25, 0.3) is 0 Å². The highest BCUT2D eigenvalue weighted by atomic mass is 32.2. The number of carboxylic acid groups (broad SMARTS) is 1. The second-order valence-corrected chi connectivity index (χ2v) is 9.04. The molecule has 1 unspecified atom stereocenters. The number of aliphatic hydroxyl groups excluding tert-OH is 1. The average Bonchev–Trinajstić information content (AvgIpc) is 3.18. The van der Waals surface area contributed by atoms with Gasteiger partial charge in [-0.25, -0.2) is 0 Å². The third-order valence-electron chi connectivity index (χ3n) is 5.70. The number of thioether (sulfide) groups is 1. The van der Waals surface area contributed by atoms with Crippen LogP contribution in [-0.2, 0) is 4.79 Å². The van der Waals surface area contributed by atoms with Gasteiger partial charge in [-0.15, -0.1) is 0 Å². The van der Waals surface area contributed by atoms with E-state index in [-0.39, 0.29) is 12.5 Å². The topological polar surface area (TPSA) is 57.5 Å². The van der Waals surface area contributed by atoms with Gasteiger partial charge >= 0.3 is 5.97 Å². The summed E-state index contributed by atoms with van der Waals surface area (Å²) in [6, 6.07) is 0. The van der Waals surface area contributed by atoms with E-state index >= 15 is 0 Å². The van der Waals surface area contributed by atoms with E-state index in [1.54, 1.807) is 0 Å². The van der Waals surface area contributed by atoms with Crippen LogP contribution in [0.25, 0.3) is 0 Å². The Balaban J connectivity index is 1.84. The number of carboxylic acids is 1. The first kappa shape index (κ1) is 20.6. The number of rotatable bonds is 12. The second-order valence-electron chi connectivity index (χ2n) is 7.56. The smallest absolute Gasteiger partial charge is 0.303 e. The lowest BCUT2D eigenvalue weighted by Gasteiger charge is -2.32. The highest BCUT2D eigenvalue weighted by molar-refractivity contribution is 8.01. The van der Waals surface area contributed by atoms with Gasteiger partial charge in [-0.2, -0.15) is 11.8 Å². The molecular weight excluding hydrogens is 332 g/mol. The summed E-state index contributed by atoms with van der Waals surface area (Å²) in [5.74, 6) is 0.322. The molecule has 0 spiro atoms. The van der Waals surface area contributed by atoms with E-state index in [1.165, 1.54) is 25.7 Å². The molecule has 2 aliphatic heterocycles. The lowest BCUT2D eigenvalue weighted by atomic mass is 9.72. The molecule has 0 amide bonds. The maximum Gasteiger partial charge on any atom is 0.303 e. The van der Waals surface area contributed by atoms with E-state index in [9.17, 15) is 9.90 Å². The highest BCUT2D eigenvalue weighted by Crippen LogP contribution is 2.56. The van der Waals surface area contributed by atoms with Crippen LogP contribution in [0.2, 0.25) is 0 Å². The molecule has 0 aromatic heterocycles. The van der Waals surface area contributed by atoms with Gasteiger partial charge in [0.2, 0.25) is 0 Å². The number of unbranched alkanes of at least 4 members (excludes halogenated alkanes) is 3. The summed E-state index contributed by atoms with van der Waals surface area (Å²) >= 11 is 2.11. The Hall–Kier alpha value is -0.740. The number of allylic oxidation sites excluding steroid dienone is 2. The molecule has 0 radical (unpaired) electrons. The molecule has 2 saturated heterocycles. The Morgan fingerprint density at radius 2 is 2.00 bits per heavy atom. The monoisotopic (exact) mass is 366 g/mol. The molecule has 0 saturated carbocycles. The average molecular weight is 367 g/mol. The van der Waals surface area contributed by atoms with Gasteiger partial charge in [0.15, 0.2) is 0 Å². The number of hydrogen-bond donors (Lipinski definition) is 2. The molecule has 3 nitrogen and oxygen atoms in total. The maximum atomic E-state index is 10.6. The van der Waals surface area contributed by atoms with E-state index in [1.807, 2.05) is 0 Å². The van der Waals surface area contributed by atoms with E-state index in [2.05, 4.69) is 37.4 Å². The molecule has 2 aliphatic rings. The molecule has 142 valence electrons. The standard InChI is InChI=1S/C21H34O3S/c1-3-4-7-11-17(22)15(2)21-16(18-13-14-19(21)25-18)10-8-5-6-9-12-20(23)24/h5,8,16-19,21-22H,2-4,6-7,9-14H2,1H3,(H,23,24)/b8-5-/t16-,17?,18+,19-,21-/m1/s1. The van der Waals surface area contributed by atoms with Gasteiger partial charge in [-0.1, -0.05) is 44.9 Å². The van der Waals surface area contributed by atoms with Crippen molar-refractivity contribution in [3.63, 3.8) is 0 Å². The SMILES string of the molecule is C=C(C(O)CCCCC)[C@@H]1[C@H](C/C=C\CCCC(=O)O)[C@@H]2CC[C@H]1S2. The summed E-state index contributed by atoms with van der Waals surface area (Å²) in [5.41, 5.74) is 1.07. The zero-order chi connectivity index (χ0) is 18.2. The minimum atomic E-state index is -0.716. The minimum absolute atomic E-state index is 0.248. The fourth-order valence-electron chi connectivity index (χ4n) is 4.33. The Labute approximate surface area is 157 Å². The summed E-state index contributed by atoms with van der Waals surface area (Å²) < 4.78 is 0. The fraction of sp³-hybridized carbons (Fsp3) is 0.762. The van der Waals surface area contributed by atoms with Crippen molar-refractivity contribution < 1.29 is 15.0 Å². The highest BCUT2D eigenvalue weighted by Gasteiger charge is 2.49. The predicted molar refractivity (Wildman–Crippen MR) is 106 cm³/mol. The Morgan fingerprint density at radius 1 is 1.24 bits per heavy atom. The van der Waals surface area contributed by atoms with Crippen molar-refractivity contribution in [1.29, 1.82) is 0 Å². The molecule has 25 heavy (non-hydrogen) atoms. The number of carbonyl (C=O) groups is 1. The van der Waals surface area contributed by atoms with Gasteiger partial charge in [0.05, 0.1) is 6.10 Å². The molecule has 2 bridgehead atoms. The first-order valence-electron chi connectivity index (χ1n) is 9.93. The van der Waals surface area contributed by atoms with Crippen molar-refractivity contribution in [3.05, 3.63) is 24.3 Å². The van der Waals surface area contributed by atoms with E-state index in [0.29, 0.717) is 28.8 Å². The lowest BCUT2D eigenvalue weighted by molar-refractivity contribution is -0.137. The molecule has 2 heterocycles. The van der Waals surface area contributed by atoms with Crippen LogP contribution in [0.3, 0.4) is 0 Å². The zero-order valence-electron chi connectivity index (χ0n) is 15.5. The fourth-order valence-corrected chi connectivity index (χ4v) is 6.35. The third kappa shape index (κ3) is 5.89. The molecule has 0 aliphatic carbocycles. The van der Waals surface area contributed by atoms with Crippen LogP contribution in [0.1, 0.15) is 71.1 Å².